The van der Waals surface area contributed by atoms with Crippen LogP contribution in [0.4, 0.5) is 0 Å². The van der Waals surface area contributed by atoms with E-state index in [1.54, 1.807) is 0 Å². The monoisotopic (exact) mass is 865 g/mol. The zero-order valence-electron chi connectivity index (χ0n) is 25.3. The van der Waals surface area contributed by atoms with Crippen LogP contribution < -0.4 is 0 Å². The van der Waals surface area contributed by atoms with Gasteiger partial charge in [-0.15, -0.1) is 0 Å². The van der Waals surface area contributed by atoms with Crippen LogP contribution in [-0.2, 0) is 24.9 Å². The molecular formula is C38H40IrNO2Te-. The molecule has 0 amide bonds. The number of aliphatic hydroxyl groups excluding tert-OH is 1. The quantitative estimate of drug-likeness (QED) is 0.0659. The van der Waals surface area contributed by atoms with Crippen molar-refractivity contribution in [1.82, 2.24) is 4.98 Å². The summed E-state index contributed by atoms with van der Waals surface area (Å²) in [5.41, 5.74) is 5.97. The molecule has 0 spiro atoms. The van der Waals surface area contributed by atoms with Crippen molar-refractivity contribution in [2.24, 2.45) is 11.8 Å². The van der Waals surface area contributed by atoms with E-state index >= 15 is 0 Å². The van der Waals surface area contributed by atoms with E-state index in [4.69, 9.17) is 0 Å². The van der Waals surface area contributed by atoms with Crippen molar-refractivity contribution in [3.63, 3.8) is 0 Å². The molecule has 2 aromatic heterocycles. The minimum atomic E-state index is -0.398. The molecule has 0 aliphatic rings. The zero-order chi connectivity index (χ0) is 29.9. The molecule has 5 rings (SSSR count). The number of benzene rings is 3. The number of rotatable bonds is 10. The Hall–Kier alpha value is -2.80. The minimum absolute atomic E-state index is 0. The summed E-state index contributed by atoms with van der Waals surface area (Å²) in [6.45, 7) is 8.07. The average Bonchev–Trinajstić information content (AvgIpc) is 3.48. The molecule has 0 aliphatic carbocycles. The standard InChI is InChI=1S/C25H16NTe.C13H24O2.Ir/c1-2-6-18(7-3-1)19-10-12-20(13-11-19)21-14-15-26-23(16-21)25-17-22-8-4-5-9-24(22)27-25;1-5-10(6-2)12(14)9-13(15)11(7-3)8-4;/h1-16H;9-11,14H,5-8H2,1-4H3;/q-1;;/b;12-9-;. The fourth-order valence-corrected chi connectivity index (χ4v) is 7.81. The van der Waals surface area contributed by atoms with Crippen molar-refractivity contribution < 1.29 is 30.0 Å². The third-order valence-electron chi connectivity index (χ3n) is 7.75. The Balaban J connectivity index is 0.000000274. The van der Waals surface area contributed by atoms with Gasteiger partial charge in [0, 0.05) is 38.0 Å². The molecule has 1 radical (unpaired) electrons. The summed E-state index contributed by atoms with van der Waals surface area (Å²) in [6, 6.07) is 35.7. The van der Waals surface area contributed by atoms with E-state index in [-0.39, 0.29) is 43.5 Å². The summed E-state index contributed by atoms with van der Waals surface area (Å²) in [5, 5.41) is 11.0. The summed E-state index contributed by atoms with van der Waals surface area (Å²) in [7, 11) is 0. The van der Waals surface area contributed by atoms with Crippen LogP contribution in [0.15, 0.2) is 109 Å². The molecule has 3 nitrogen and oxygen atoms in total. The molecule has 43 heavy (non-hydrogen) atoms. The number of carbonyl (C=O) groups excluding carboxylic acids is 1. The molecule has 225 valence electrons. The van der Waals surface area contributed by atoms with Gasteiger partial charge in [0.25, 0.3) is 0 Å². The van der Waals surface area contributed by atoms with Gasteiger partial charge in [0.2, 0.25) is 0 Å². The van der Waals surface area contributed by atoms with Crippen molar-refractivity contribution >= 4 is 35.0 Å². The molecule has 5 aromatic rings. The molecule has 0 unspecified atom stereocenters. The number of pyridine rings is 1. The van der Waals surface area contributed by atoms with Gasteiger partial charge in [-0.25, -0.2) is 0 Å². The summed E-state index contributed by atoms with van der Waals surface area (Å²) in [5.74, 6) is 0.547. The van der Waals surface area contributed by atoms with E-state index in [2.05, 4.69) is 96.0 Å². The van der Waals surface area contributed by atoms with Gasteiger partial charge in [-0.05, 0) is 25.7 Å². The Morgan fingerprint density at radius 1 is 0.767 bits per heavy atom. The molecule has 0 atom stereocenters. The van der Waals surface area contributed by atoms with Gasteiger partial charge in [0.15, 0.2) is 5.78 Å². The number of aromatic nitrogens is 1. The molecule has 5 heteroatoms. The second-order valence-electron chi connectivity index (χ2n) is 10.4. The van der Waals surface area contributed by atoms with E-state index in [0.29, 0.717) is 0 Å². The molecule has 0 bridgehead atoms. The number of carbonyl (C=O) groups is 1. The van der Waals surface area contributed by atoms with Crippen LogP contribution in [0.2, 0.25) is 0 Å². The second-order valence-corrected chi connectivity index (χ2v) is 13.4. The molecule has 0 fully saturated rings. The number of nitrogens with zero attached hydrogens (tertiary/aromatic N) is 1. The van der Waals surface area contributed by atoms with E-state index in [1.165, 1.54) is 40.7 Å². The van der Waals surface area contributed by atoms with E-state index < -0.39 is 20.4 Å². The van der Waals surface area contributed by atoms with E-state index in [9.17, 15) is 9.90 Å². The third-order valence-corrected chi connectivity index (χ3v) is 10.9. The van der Waals surface area contributed by atoms with Crippen molar-refractivity contribution in [1.29, 1.82) is 0 Å². The fraction of sp³-hybridized carbons (Fsp3) is 0.263. The van der Waals surface area contributed by atoms with Gasteiger partial charge in [0.05, 0.1) is 5.76 Å². The topological polar surface area (TPSA) is 50.2 Å². The maximum atomic E-state index is 11.7. The summed E-state index contributed by atoms with van der Waals surface area (Å²) >= 11 is -0.398. The Kier molecular flexibility index (Phi) is 14.1. The van der Waals surface area contributed by atoms with Gasteiger partial charge in [-0.2, -0.15) is 0 Å². The first-order valence-corrected chi connectivity index (χ1v) is 17.3. The summed E-state index contributed by atoms with van der Waals surface area (Å²) in [6.07, 6.45) is 6.82. The fourth-order valence-electron chi connectivity index (χ4n) is 5.03. The van der Waals surface area contributed by atoms with Crippen LogP contribution in [0.25, 0.3) is 40.3 Å². The van der Waals surface area contributed by atoms with Gasteiger partial charge < -0.3 is 5.11 Å². The number of hydrogen-bond acceptors (Lipinski definition) is 3. The van der Waals surface area contributed by atoms with E-state index in [1.807, 2.05) is 40.0 Å². The molecule has 3 aromatic carbocycles. The number of hydrogen-bond donors (Lipinski definition) is 1. The van der Waals surface area contributed by atoms with Crippen molar-refractivity contribution in [3.8, 4) is 31.5 Å². The van der Waals surface area contributed by atoms with Crippen LogP contribution in [0, 0.1) is 17.9 Å². The number of aliphatic hydroxyl groups is 1. The van der Waals surface area contributed by atoms with Crippen LogP contribution in [-0.4, -0.2) is 36.3 Å². The second kappa shape index (κ2) is 17.5. The average molecular weight is 863 g/mol. The zero-order valence-corrected chi connectivity index (χ0v) is 30.1. The van der Waals surface area contributed by atoms with Crippen molar-refractivity contribution in [2.75, 3.05) is 0 Å². The molecular weight excluding hydrogens is 822 g/mol. The van der Waals surface area contributed by atoms with Gasteiger partial charge in [0.1, 0.15) is 0 Å². The van der Waals surface area contributed by atoms with Gasteiger partial charge in [-0.3, -0.25) is 4.79 Å². The summed E-state index contributed by atoms with van der Waals surface area (Å²) < 4.78 is 2.75. The van der Waals surface area contributed by atoms with Gasteiger partial charge in [-0.1, -0.05) is 27.7 Å². The Morgan fingerprint density at radius 2 is 1.33 bits per heavy atom. The number of ketones is 1. The van der Waals surface area contributed by atoms with Crippen LogP contribution in [0.5, 0.6) is 0 Å². The Bertz CT molecular complexity index is 1570. The Labute approximate surface area is 280 Å². The van der Waals surface area contributed by atoms with E-state index in [0.717, 1.165) is 31.4 Å². The van der Waals surface area contributed by atoms with Crippen LogP contribution in [0.1, 0.15) is 53.4 Å². The predicted molar refractivity (Wildman–Crippen MR) is 178 cm³/mol. The van der Waals surface area contributed by atoms with Gasteiger partial charge >= 0.3 is 169 Å². The molecule has 0 aliphatic heterocycles. The van der Waals surface area contributed by atoms with Crippen LogP contribution in [0.3, 0.4) is 0 Å². The van der Waals surface area contributed by atoms with Crippen molar-refractivity contribution in [2.45, 2.75) is 53.4 Å². The first-order chi connectivity index (χ1) is 20.5. The molecule has 2 heterocycles. The first-order valence-electron chi connectivity index (χ1n) is 14.9. The number of fused-ring (bicyclic) bond motifs is 1. The molecule has 0 saturated heterocycles. The van der Waals surface area contributed by atoms with Crippen LogP contribution >= 0.6 is 0 Å². The Morgan fingerprint density at radius 3 is 1.93 bits per heavy atom. The molecule has 1 N–H and O–H groups in total. The third kappa shape index (κ3) is 9.34. The normalized spacial score (nSPS) is 11.3. The number of allylic oxidation sites excluding steroid dienone is 2. The SMILES string of the molecule is CCC(CC)C(=O)/C=C(\O)C(CC)CC.[Ir].[c-]1c(-c2cc(-c3ccc(-c4ccccc4)cc3)ccn2)[te]c2ccccc12. The maximum absolute atomic E-state index is 11.7. The summed E-state index contributed by atoms with van der Waals surface area (Å²) in [4.78, 5) is 16.3. The first kappa shape index (κ1) is 34.7. The van der Waals surface area contributed by atoms with Crippen molar-refractivity contribution in [3.05, 3.63) is 115 Å². The predicted octanol–water partition coefficient (Wildman–Crippen LogP) is 9.96. The molecule has 0 saturated carbocycles.